The molecule has 1 aromatic heterocycles. The lowest BCUT2D eigenvalue weighted by atomic mass is 10.0. The van der Waals surface area contributed by atoms with Crippen LogP contribution in [0.2, 0.25) is 0 Å². The van der Waals surface area contributed by atoms with Crippen LogP contribution in [0.5, 0.6) is 0 Å². The molecule has 1 atom stereocenters. The van der Waals surface area contributed by atoms with Gasteiger partial charge in [0.05, 0.1) is 17.7 Å². The minimum Gasteiger partial charge on any atom is -0.347 e. The number of hydrogen-bond acceptors (Lipinski definition) is 3. The molecule has 0 bridgehead atoms. The molecule has 0 saturated carbocycles. The van der Waals surface area contributed by atoms with Gasteiger partial charge in [-0.3, -0.25) is 4.90 Å². The Morgan fingerprint density at radius 3 is 3.06 bits per heavy atom. The monoisotopic (exact) mass is 236 g/mol. The van der Waals surface area contributed by atoms with Crippen LogP contribution in [0, 0.1) is 0 Å². The van der Waals surface area contributed by atoms with Gasteiger partial charge in [-0.1, -0.05) is 6.92 Å². The molecular formula is C13H24N4. The van der Waals surface area contributed by atoms with E-state index in [1.807, 2.05) is 0 Å². The maximum atomic E-state index is 4.39. The van der Waals surface area contributed by atoms with Crippen LogP contribution in [0.1, 0.15) is 38.6 Å². The third-order valence-corrected chi connectivity index (χ3v) is 3.51. The minimum absolute atomic E-state index is 0.541. The van der Waals surface area contributed by atoms with Crippen molar-refractivity contribution in [2.45, 2.75) is 52.2 Å². The van der Waals surface area contributed by atoms with Gasteiger partial charge in [0.25, 0.3) is 0 Å². The van der Waals surface area contributed by atoms with E-state index in [0.717, 1.165) is 19.5 Å². The highest BCUT2D eigenvalue weighted by Gasteiger charge is 2.22. The van der Waals surface area contributed by atoms with Crippen molar-refractivity contribution in [1.82, 2.24) is 20.2 Å². The standard InChI is InChI=1S/C13H24N4/c1-4-5-17(10(2)3)8-11-6-12-13(7-14-11)16-9-15-12/h9-11,14H,4-8H2,1-3H3,(H,15,16). The first-order valence-electron chi connectivity index (χ1n) is 6.69. The lowest BCUT2D eigenvalue weighted by molar-refractivity contribution is 0.193. The third-order valence-electron chi connectivity index (χ3n) is 3.51. The van der Waals surface area contributed by atoms with Crippen molar-refractivity contribution in [3.05, 3.63) is 17.7 Å². The summed E-state index contributed by atoms with van der Waals surface area (Å²) >= 11 is 0. The van der Waals surface area contributed by atoms with Gasteiger partial charge in [-0.05, 0) is 26.8 Å². The van der Waals surface area contributed by atoms with Crippen molar-refractivity contribution >= 4 is 0 Å². The van der Waals surface area contributed by atoms with Crippen LogP contribution >= 0.6 is 0 Å². The Labute approximate surface area is 104 Å². The zero-order valence-corrected chi connectivity index (χ0v) is 11.2. The van der Waals surface area contributed by atoms with E-state index in [1.165, 1.54) is 24.4 Å². The number of nitrogens with zero attached hydrogens (tertiary/aromatic N) is 2. The largest absolute Gasteiger partial charge is 0.347 e. The van der Waals surface area contributed by atoms with E-state index in [4.69, 9.17) is 0 Å². The number of nitrogens with one attached hydrogen (secondary N) is 2. The van der Waals surface area contributed by atoms with Crippen LogP contribution in [0.25, 0.3) is 0 Å². The number of fused-ring (bicyclic) bond motifs is 1. The van der Waals surface area contributed by atoms with Crippen LogP contribution in [0.15, 0.2) is 6.33 Å². The number of rotatable bonds is 5. The summed E-state index contributed by atoms with van der Waals surface area (Å²) in [5, 5.41) is 3.59. The third kappa shape index (κ3) is 3.07. The summed E-state index contributed by atoms with van der Waals surface area (Å²) in [5.41, 5.74) is 2.50. The fraction of sp³-hybridized carbons (Fsp3) is 0.769. The van der Waals surface area contributed by atoms with E-state index >= 15 is 0 Å². The first kappa shape index (κ1) is 12.6. The van der Waals surface area contributed by atoms with Gasteiger partial charge >= 0.3 is 0 Å². The van der Waals surface area contributed by atoms with E-state index in [0.29, 0.717) is 12.1 Å². The van der Waals surface area contributed by atoms with Crippen molar-refractivity contribution in [1.29, 1.82) is 0 Å². The predicted octanol–water partition coefficient (Wildman–Crippen LogP) is 1.54. The molecule has 1 unspecified atom stereocenters. The quantitative estimate of drug-likeness (QED) is 0.815. The molecule has 1 aliphatic rings. The molecule has 0 fully saturated rings. The summed E-state index contributed by atoms with van der Waals surface area (Å²) in [6.07, 6.45) is 4.07. The van der Waals surface area contributed by atoms with Gasteiger partial charge in [-0.15, -0.1) is 0 Å². The number of H-pyrrole nitrogens is 1. The Morgan fingerprint density at radius 2 is 2.35 bits per heavy atom. The van der Waals surface area contributed by atoms with E-state index in [9.17, 15) is 0 Å². The zero-order valence-electron chi connectivity index (χ0n) is 11.2. The molecule has 2 heterocycles. The average Bonchev–Trinajstić information content (AvgIpc) is 2.75. The molecule has 2 rings (SSSR count). The van der Waals surface area contributed by atoms with Crippen LogP contribution in [-0.2, 0) is 13.0 Å². The predicted molar refractivity (Wildman–Crippen MR) is 69.9 cm³/mol. The van der Waals surface area contributed by atoms with E-state index in [2.05, 4.69) is 41.0 Å². The smallest absolute Gasteiger partial charge is 0.0925 e. The molecule has 17 heavy (non-hydrogen) atoms. The first-order valence-corrected chi connectivity index (χ1v) is 6.69. The number of hydrogen-bond donors (Lipinski definition) is 2. The second kappa shape index (κ2) is 5.65. The fourth-order valence-corrected chi connectivity index (χ4v) is 2.49. The second-order valence-electron chi connectivity index (χ2n) is 5.20. The average molecular weight is 236 g/mol. The second-order valence-corrected chi connectivity index (χ2v) is 5.20. The highest BCUT2D eigenvalue weighted by molar-refractivity contribution is 5.16. The summed E-state index contributed by atoms with van der Waals surface area (Å²) in [7, 11) is 0. The minimum atomic E-state index is 0.541. The van der Waals surface area contributed by atoms with Crippen molar-refractivity contribution in [3.63, 3.8) is 0 Å². The van der Waals surface area contributed by atoms with Crippen LogP contribution in [-0.4, -0.2) is 40.0 Å². The lowest BCUT2D eigenvalue weighted by Crippen LogP contribution is -2.47. The molecule has 1 aromatic rings. The molecule has 0 radical (unpaired) electrons. The van der Waals surface area contributed by atoms with E-state index in [1.54, 1.807) is 6.33 Å². The van der Waals surface area contributed by atoms with Crippen LogP contribution in [0.3, 0.4) is 0 Å². The molecule has 0 amide bonds. The van der Waals surface area contributed by atoms with Gasteiger partial charge in [0.1, 0.15) is 0 Å². The first-order chi connectivity index (χ1) is 8.20. The molecule has 0 spiro atoms. The van der Waals surface area contributed by atoms with Crippen molar-refractivity contribution in [3.8, 4) is 0 Å². The highest BCUT2D eigenvalue weighted by atomic mass is 15.2. The van der Waals surface area contributed by atoms with Gasteiger partial charge in [-0.2, -0.15) is 0 Å². The van der Waals surface area contributed by atoms with Gasteiger partial charge in [-0.25, -0.2) is 4.98 Å². The molecule has 4 nitrogen and oxygen atoms in total. The Kier molecular flexibility index (Phi) is 4.18. The Balaban J connectivity index is 1.92. The van der Waals surface area contributed by atoms with Crippen LogP contribution in [0.4, 0.5) is 0 Å². The Hall–Kier alpha value is -0.870. The van der Waals surface area contributed by atoms with Gasteiger partial charge in [0.2, 0.25) is 0 Å². The summed E-state index contributed by atoms with van der Waals surface area (Å²) in [6.45, 7) is 10.0. The lowest BCUT2D eigenvalue weighted by Gasteiger charge is -2.32. The molecule has 1 aliphatic heterocycles. The molecule has 2 N–H and O–H groups in total. The molecular weight excluding hydrogens is 212 g/mol. The summed E-state index contributed by atoms with van der Waals surface area (Å²) in [5.74, 6) is 0. The van der Waals surface area contributed by atoms with Crippen LogP contribution < -0.4 is 5.32 Å². The van der Waals surface area contributed by atoms with Crippen molar-refractivity contribution in [2.24, 2.45) is 0 Å². The Morgan fingerprint density at radius 1 is 1.53 bits per heavy atom. The van der Waals surface area contributed by atoms with Gasteiger partial charge in [0.15, 0.2) is 0 Å². The molecule has 4 heteroatoms. The van der Waals surface area contributed by atoms with Gasteiger partial charge < -0.3 is 10.3 Å². The molecule has 96 valence electrons. The maximum Gasteiger partial charge on any atom is 0.0925 e. The summed E-state index contributed by atoms with van der Waals surface area (Å²) < 4.78 is 0. The fourth-order valence-electron chi connectivity index (χ4n) is 2.49. The molecule has 0 saturated heterocycles. The van der Waals surface area contributed by atoms with Gasteiger partial charge in [0, 0.05) is 31.6 Å². The molecule has 0 aliphatic carbocycles. The SMILES string of the molecule is CCCN(CC1Cc2nc[nH]c2CN1)C(C)C. The number of imidazole rings is 1. The molecule has 0 aromatic carbocycles. The normalized spacial score (nSPS) is 19.9. The Bertz CT molecular complexity index is 345. The van der Waals surface area contributed by atoms with Crippen molar-refractivity contribution in [2.75, 3.05) is 13.1 Å². The maximum absolute atomic E-state index is 4.39. The van der Waals surface area contributed by atoms with E-state index in [-0.39, 0.29) is 0 Å². The highest BCUT2D eigenvalue weighted by Crippen LogP contribution is 2.14. The topological polar surface area (TPSA) is 44.0 Å². The summed E-state index contributed by atoms with van der Waals surface area (Å²) in [6, 6.07) is 1.16. The van der Waals surface area contributed by atoms with E-state index < -0.39 is 0 Å². The van der Waals surface area contributed by atoms with Crippen molar-refractivity contribution < 1.29 is 0 Å². The number of aromatic amines is 1. The number of aromatic nitrogens is 2. The zero-order chi connectivity index (χ0) is 12.3. The summed E-state index contributed by atoms with van der Waals surface area (Å²) in [4.78, 5) is 10.1.